The molecular formula is C20H21NO3. The molecule has 0 spiro atoms. The van der Waals surface area contributed by atoms with Crippen molar-refractivity contribution in [2.45, 2.75) is 26.7 Å². The zero-order valence-electron chi connectivity index (χ0n) is 14.1. The Labute approximate surface area is 141 Å². The fraction of sp³-hybridized carbons (Fsp3) is 0.250. The largest absolute Gasteiger partial charge is 0.456 e. The highest BCUT2D eigenvalue weighted by Crippen LogP contribution is 2.35. The first-order valence-electron chi connectivity index (χ1n) is 8.15. The molecule has 1 heterocycles. The summed E-state index contributed by atoms with van der Waals surface area (Å²) in [7, 11) is 0. The Kier molecular flexibility index (Phi) is 4.56. The maximum absolute atomic E-state index is 11.7. The minimum absolute atomic E-state index is 0.330. The smallest absolute Gasteiger partial charge is 0.411 e. The average Bonchev–Trinajstić information content (AvgIpc) is 2.99. The first-order chi connectivity index (χ1) is 11.6. The lowest BCUT2D eigenvalue weighted by Crippen LogP contribution is -2.13. The summed E-state index contributed by atoms with van der Waals surface area (Å²) in [6.45, 7) is 6.40. The second-order valence-electron chi connectivity index (χ2n) is 5.92. The molecule has 0 aliphatic heterocycles. The average molecular weight is 323 g/mol. The minimum Gasteiger partial charge on any atom is -0.456 e. The number of furan rings is 1. The Morgan fingerprint density at radius 3 is 2.71 bits per heavy atom. The molecule has 0 aliphatic rings. The number of fused-ring (bicyclic) bond motifs is 1. The summed E-state index contributed by atoms with van der Waals surface area (Å²) in [5.74, 6) is 1.10. The van der Waals surface area contributed by atoms with E-state index in [1.165, 1.54) is 5.56 Å². The van der Waals surface area contributed by atoms with Gasteiger partial charge in [-0.3, -0.25) is 5.32 Å². The zero-order valence-corrected chi connectivity index (χ0v) is 14.1. The topological polar surface area (TPSA) is 51.5 Å². The standard InChI is InChI=1S/C20H21NO3/c1-4-23-20(22)21-17-11-6-5-9-16(17)18-12-14-8-7-10-15(13(2)3)19(14)24-18/h5-13H,4H2,1-3H3,(H,21,22). The maximum atomic E-state index is 11.7. The molecule has 4 nitrogen and oxygen atoms in total. The van der Waals surface area contributed by atoms with E-state index in [1.807, 2.05) is 42.5 Å². The number of rotatable bonds is 4. The molecule has 1 aromatic heterocycles. The highest BCUT2D eigenvalue weighted by molar-refractivity contribution is 5.93. The highest BCUT2D eigenvalue weighted by Gasteiger charge is 2.15. The van der Waals surface area contributed by atoms with Gasteiger partial charge in [0.25, 0.3) is 0 Å². The number of ether oxygens (including phenoxy) is 1. The summed E-state index contributed by atoms with van der Waals surface area (Å²) in [6, 6.07) is 15.7. The van der Waals surface area contributed by atoms with Gasteiger partial charge in [0, 0.05) is 10.9 Å². The summed E-state index contributed by atoms with van der Waals surface area (Å²) in [4.78, 5) is 11.7. The van der Waals surface area contributed by atoms with Crippen molar-refractivity contribution in [1.82, 2.24) is 0 Å². The Bertz CT molecular complexity index is 864. The SMILES string of the molecule is CCOC(=O)Nc1ccccc1-c1cc2cccc(C(C)C)c2o1. The van der Waals surface area contributed by atoms with Crippen molar-refractivity contribution in [1.29, 1.82) is 0 Å². The molecular weight excluding hydrogens is 302 g/mol. The molecule has 124 valence electrons. The maximum Gasteiger partial charge on any atom is 0.411 e. The number of carbonyl (C=O) groups is 1. The van der Waals surface area contributed by atoms with Crippen molar-refractivity contribution in [2.75, 3.05) is 11.9 Å². The minimum atomic E-state index is -0.469. The van der Waals surface area contributed by atoms with Crippen LogP contribution in [0.3, 0.4) is 0 Å². The number of hydrogen-bond donors (Lipinski definition) is 1. The van der Waals surface area contributed by atoms with E-state index in [2.05, 4.69) is 25.2 Å². The van der Waals surface area contributed by atoms with E-state index in [9.17, 15) is 4.79 Å². The van der Waals surface area contributed by atoms with Gasteiger partial charge in [0.1, 0.15) is 11.3 Å². The van der Waals surface area contributed by atoms with Crippen LogP contribution in [0.2, 0.25) is 0 Å². The van der Waals surface area contributed by atoms with Crippen molar-refractivity contribution in [2.24, 2.45) is 0 Å². The van der Waals surface area contributed by atoms with Gasteiger partial charge in [-0.05, 0) is 36.6 Å². The van der Waals surface area contributed by atoms with Gasteiger partial charge in [-0.1, -0.05) is 44.2 Å². The lowest BCUT2D eigenvalue weighted by atomic mass is 10.0. The van der Waals surface area contributed by atoms with E-state index >= 15 is 0 Å². The summed E-state index contributed by atoms with van der Waals surface area (Å²) in [6.07, 6.45) is -0.469. The van der Waals surface area contributed by atoms with Gasteiger partial charge in [-0.2, -0.15) is 0 Å². The fourth-order valence-electron chi connectivity index (χ4n) is 2.76. The van der Waals surface area contributed by atoms with Crippen LogP contribution in [0.15, 0.2) is 52.9 Å². The molecule has 0 aliphatic carbocycles. The van der Waals surface area contributed by atoms with Crippen LogP contribution >= 0.6 is 0 Å². The quantitative estimate of drug-likeness (QED) is 0.661. The lowest BCUT2D eigenvalue weighted by Gasteiger charge is -2.09. The monoisotopic (exact) mass is 323 g/mol. The number of amides is 1. The van der Waals surface area contributed by atoms with Crippen molar-refractivity contribution >= 4 is 22.7 Å². The molecule has 2 aromatic carbocycles. The molecule has 0 saturated carbocycles. The van der Waals surface area contributed by atoms with Crippen LogP contribution in [0.5, 0.6) is 0 Å². The predicted molar refractivity (Wildman–Crippen MR) is 96.4 cm³/mol. The second kappa shape index (κ2) is 6.79. The summed E-state index contributed by atoms with van der Waals surface area (Å²) < 4.78 is 11.1. The third-order valence-electron chi connectivity index (χ3n) is 3.90. The molecule has 1 N–H and O–H groups in total. The van der Waals surface area contributed by atoms with E-state index in [0.717, 1.165) is 22.3 Å². The van der Waals surface area contributed by atoms with E-state index in [0.29, 0.717) is 18.2 Å². The van der Waals surface area contributed by atoms with Crippen molar-refractivity contribution < 1.29 is 13.9 Å². The molecule has 0 atom stereocenters. The number of anilines is 1. The van der Waals surface area contributed by atoms with E-state index in [-0.39, 0.29) is 0 Å². The van der Waals surface area contributed by atoms with Gasteiger partial charge >= 0.3 is 6.09 Å². The van der Waals surface area contributed by atoms with Crippen molar-refractivity contribution in [3.63, 3.8) is 0 Å². The van der Waals surface area contributed by atoms with Crippen molar-refractivity contribution in [3.05, 3.63) is 54.1 Å². The van der Waals surface area contributed by atoms with Crippen LogP contribution in [-0.4, -0.2) is 12.7 Å². The third kappa shape index (κ3) is 3.13. The molecule has 0 bridgehead atoms. The van der Waals surface area contributed by atoms with Gasteiger partial charge in [0.2, 0.25) is 0 Å². The Morgan fingerprint density at radius 2 is 1.96 bits per heavy atom. The number of carbonyl (C=O) groups excluding carboxylic acids is 1. The molecule has 3 aromatic rings. The zero-order chi connectivity index (χ0) is 17.1. The fourth-order valence-corrected chi connectivity index (χ4v) is 2.76. The van der Waals surface area contributed by atoms with Crippen LogP contribution in [0.1, 0.15) is 32.3 Å². The molecule has 1 amide bonds. The Balaban J connectivity index is 2.05. The van der Waals surface area contributed by atoms with Crippen LogP contribution in [0, 0.1) is 0 Å². The van der Waals surface area contributed by atoms with Gasteiger partial charge in [0.15, 0.2) is 0 Å². The molecule has 0 saturated heterocycles. The van der Waals surface area contributed by atoms with Gasteiger partial charge < -0.3 is 9.15 Å². The van der Waals surface area contributed by atoms with Crippen LogP contribution < -0.4 is 5.32 Å². The lowest BCUT2D eigenvalue weighted by molar-refractivity contribution is 0.168. The van der Waals surface area contributed by atoms with E-state index in [1.54, 1.807) is 6.92 Å². The van der Waals surface area contributed by atoms with E-state index < -0.39 is 6.09 Å². The van der Waals surface area contributed by atoms with Gasteiger partial charge in [0.05, 0.1) is 12.3 Å². The second-order valence-corrected chi connectivity index (χ2v) is 5.92. The predicted octanol–water partition coefficient (Wildman–Crippen LogP) is 5.79. The number of nitrogens with one attached hydrogen (secondary N) is 1. The number of hydrogen-bond acceptors (Lipinski definition) is 3. The van der Waals surface area contributed by atoms with Crippen molar-refractivity contribution in [3.8, 4) is 11.3 Å². The van der Waals surface area contributed by atoms with Crippen LogP contribution in [0.25, 0.3) is 22.3 Å². The van der Waals surface area contributed by atoms with Crippen LogP contribution in [-0.2, 0) is 4.74 Å². The molecule has 0 radical (unpaired) electrons. The molecule has 0 unspecified atom stereocenters. The number of para-hydroxylation sites is 2. The summed E-state index contributed by atoms with van der Waals surface area (Å²) >= 11 is 0. The Hall–Kier alpha value is -2.75. The Morgan fingerprint density at radius 1 is 1.17 bits per heavy atom. The summed E-state index contributed by atoms with van der Waals surface area (Å²) in [5, 5.41) is 3.83. The molecule has 3 rings (SSSR count). The third-order valence-corrected chi connectivity index (χ3v) is 3.90. The molecule has 4 heteroatoms. The van der Waals surface area contributed by atoms with E-state index in [4.69, 9.17) is 9.15 Å². The van der Waals surface area contributed by atoms with Gasteiger partial charge in [-0.25, -0.2) is 4.79 Å². The molecule has 0 fully saturated rings. The molecule has 24 heavy (non-hydrogen) atoms. The first kappa shape index (κ1) is 16.1. The number of benzene rings is 2. The van der Waals surface area contributed by atoms with Gasteiger partial charge in [-0.15, -0.1) is 0 Å². The highest BCUT2D eigenvalue weighted by atomic mass is 16.5. The first-order valence-corrected chi connectivity index (χ1v) is 8.15. The normalized spacial score (nSPS) is 11.0. The van der Waals surface area contributed by atoms with Crippen LogP contribution in [0.4, 0.5) is 10.5 Å². The summed E-state index contributed by atoms with van der Waals surface area (Å²) in [5.41, 5.74) is 3.57.